The van der Waals surface area contributed by atoms with Gasteiger partial charge in [-0.15, -0.1) is 0 Å². The number of carbonyl (C=O) groups excluding carboxylic acids is 5. The van der Waals surface area contributed by atoms with Gasteiger partial charge in [-0.25, -0.2) is 9.78 Å². The fourth-order valence-electron chi connectivity index (χ4n) is 3.42. The predicted molar refractivity (Wildman–Crippen MR) is 131 cm³/mol. The highest BCUT2D eigenvalue weighted by atomic mass is 16.4. The molecule has 11 N–H and O–H groups in total. The van der Waals surface area contributed by atoms with Gasteiger partial charge < -0.3 is 43.2 Å². The van der Waals surface area contributed by atoms with E-state index in [4.69, 9.17) is 17.2 Å². The molecule has 0 radical (unpaired) electrons. The van der Waals surface area contributed by atoms with Gasteiger partial charge in [0.25, 0.3) is 0 Å². The molecule has 0 aliphatic carbocycles. The summed E-state index contributed by atoms with van der Waals surface area (Å²) >= 11 is 0. The summed E-state index contributed by atoms with van der Waals surface area (Å²) in [7, 11) is 0. The number of H-pyrrole nitrogens is 1. The van der Waals surface area contributed by atoms with Crippen LogP contribution in [0.3, 0.4) is 0 Å². The number of aromatic amines is 1. The van der Waals surface area contributed by atoms with Crippen LogP contribution in [0.15, 0.2) is 42.9 Å². The summed E-state index contributed by atoms with van der Waals surface area (Å²) < 4.78 is 0. The Morgan fingerprint density at radius 1 is 0.816 bits per heavy atom. The standard InChI is InChI=1S/C23H30N8O7/c24-14(6-12-4-2-1-3-5-12)20(34)29-16(8-18(25)32)22(36)30-15(7-13-10-27-11-28-13)21(35)31-17(23(37)38)9-19(26)33/h1-5,10-11,14-17H,6-9,24H2,(H2,25,32)(H2,26,33)(H,27,28)(H,29,34)(H,30,36)(H,31,35)(H,37,38). The van der Waals surface area contributed by atoms with Crippen LogP contribution in [0.5, 0.6) is 0 Å². The van der Waals surface area contributed by atoms with Crippen LogP contribution < -0.4 is 33.2 Å². The van der Waals surface area contributed by atoms with Gasteiger partial charge in [0.15, 0.2) is 0 Å². The summed E-state index contributed by atoms with van der Waals surface area (Å²) in [4.78, 5) is 79.5. The average Bonchev–Trinajstić information content (AvgIpc) is 3.35. The third-order valence-corrected chi connectivity index (χ3v) is 5.31. The monoisotopic (exact) mass is 530 g/mol. The highest BCUT2D eigenvalue weighted by Crippen LogP contribution is 2.05. The summed E-state index contributed by atoms with van der Waals surface area (Å²) in [5.74, 6) is -6.06. The van der Waals surface area contributed by atoms with Crippen molar-refractivity contribution in [2.45, 2.75) is 49.9 Å². The van der Waals surface area contributed by atoms with Gasteiger partial charge in [0.2, 0.25) is 29.5 Å². The van der Waals surface area contributed by atoms with Gasteiger partial charge in [-0.1, -0.05) is 30.3 Å². The van der Waals surface area contributed by atoms with Crippen LogP contribution >= 0.6 is 0 Å². The van der Waals surface area contributed by atoms with Gasteiger partial charge >= 0.3 is 5.97 Å². The summed E-state index contributed by atoms with van der Waals surface area (Å²) in [5, 5.41) is 16.2. The van der Waals surface area contributed by atoms with E-state index in [1.165, 1.54) is 12.5 Å². The van der Waals surface area contributed by atoms with Crippen molar-refractivity contribution in [3.63, 3.8) is 0 Å². The molecule has 4 unspecified atom stereocenters. The van der Waals surface area contributed by atoms with E-state index in [0.717, 1.165) is 5.56 Å². The Hall–Kier alpha value is -4.79. The average molecular weight is 531 g/mol. The Bertz CT molecular complexity index is 1140. The molecule has 2 rings (SSSR count). The van der Waals surface area contributed by atoms with E-state index < -0.39 is 72.5 Å². The van der Waals surface area contributed by atoms with Crippen LogP contribution in [0.1, 0.15) is 24.1 Å². The van der Waals surface area contributed by atoms with E-state index in [1.54, 1.807) is 30.3 Å². The number of aromatic nitrogens is 2. The Balaban J connectivity index is 2.18. The van der Waals surface area contributed by atoms with Crippen molar-refractivity contribution in [1.82, 2.24) is 25.9 Å². The second-order valence-corrected chi connectivity index (χ2v) is 8.44. The lowest BCUT2D eigenvalue weighted by atomic mass is 10.0. The molecule has 204 valence electrons. The van der Waals surface area contributed by atoms with Gasteiger partial charge in [-0.2, -0.15) is 0 Å². The number of nitrogens with one attached hydrogen (secondary N) is 4. The van der Waals surface area contributed by atoms with Gasteiger partial charge in [0.05, 0.1) is 25.2 Å². The number of amides is 5. The molecule has 38 heavy (non-hydrogen) atoms. The number of rotatable bonds is 15. The topological polar surface area (TPSA) is 265 Å². The van der Waals surface area contributed by atoms with Crippen molar-refractivity contribution >= 4 is 35.5 Å². The maximum atomic E-state index is 13.1. The molecule has 0 bridgehead atoms. The van der Waals surface area contributed by atoms with Crippen molar-refractivity contribution < 1.29 is 33.9 Å². The molecule has 15 nitrogen and oxygen atoms in total. The van der Waals surface area contributed by atoms with Gasteiger partial charge in [-0.3, -0.25) is 24.0 Å². The van der Waals surface area contributed by atoms with Crippen molar-refractivity contribution in [1.29, 1.82) is 0 Å². The number of imidazole rings is 1. The minimum absolute atomic E-state index is 0.152. The summed E-state index contributed by atoms with van der Waals surface area (Å²) in [6.45, 7) is 0. The van der Waals surface area contributed by atoms with E-state index in [1.807, 2.05) is 0 Å². The number of nitrogens with zero attached hydrogens (tertiary/aromatic N) is 1. The first-order valence-corrected chi connectivity index (χ1v) is 11.4. The number of hydrogen-bond acceptors (Lipinski definition) is 8. The molecule has 1 aromatic carbocycles. The quantitative estimate of drug-likeness (QED) is 0.115. The SMILES string of the molecule is NC(=O)CC(NC(=O)C(Cc1cnc[nH]1)NC(=O)C(CC(N)=O)NC(=O)C(N)Cc1ccccc1)C(=O)O. The number of primary amides is 2. The van der Waals surface area contributed by atoms with E-state index in [9.17, 15) is 33.9 Å². The fourth-order valence-corrected chi connectivity index (χ4v) is 3.42. The van der Waals surface area contributed by atoms with E-state index in [-0.39, 0.29) is 12.8 Å². The van der Waals surface area contributed by atoms with Crippen LogP contribution in [0.25, 0.3) is 0 Å². The van der Waals surface area contributed by atoms with Crippen LogP contribution in [0.4, 0.5) is 0 Å². The second kappa shape index (κ2) is 14.1. The zero-order valence-electron chi connectivity index (χ0n) is 20.3. The molecular formula is C23H30N8O7. The first-order chi connectivity index (χ1) is 18.0. The van der Waals surface area contributed by atoms with Crippen molar-refractivity contribution in [3.05, 3.63) is 54.1 Å². The molecule has 4 atom stereocenters. The fraction of sp³-hybridized carbons (Fsp3) is 0.348. The molecule has 0 fully saturated rings. The molecule has 0 aliphatic rings. The van der Waals surface area contributed by atoms with Crippen LogP contribution in [-0.4, -0.2) is 74.7 Å². The van der Waals surface area contributed by atoms with E-state index in [2.05, 4.69) is 25.9 Å². The molecule has 1 heterocycles. The minimum atomic E-state index is -1.65. The van der Waals surface area contributed by atoms with Crippen LogP contribution in [0.2, 0.25) is 0 Å². The van der Waals surface area contributed by atoms with Crippen LogP contribution in [-0.2, 0) is 41.6 Å². The lowest BCUT2D eigenvalue weighted by molar-refractivity contribution is -0.143. The molecule has 0 spiro atoms. The van der Waals surface area contributed by atoms with Gasteiger partial charge in [0.1, 0.15) is 18.1 Å². The summed E-state index contributed by atoms with van der Waals surface area (Å²) in [6, 6.07) is 3.27. The highest BCUT2D eigenvalue weighted by Gasteiger charge is 2.32. The van der Waals surface area contributed by atoms with E-state index >= 15 is 0 Å². The first-order valence-electron chi connectivity index (χ1n) is 11.4. The Labute approximate surface area is 216 Å². The number of carboxylic acids is 1. The zero-order chi connectivity index (χ0) is 28.2. The van der Waals surface area contributed by atoms with Gasteiger partial charge in [-0.05, 0) is 12.0 Å². The van der Waals surface area contributed by atoms with Crippen molar-refractivity contribution in [2.24, 2.45) is 17.2 Å². The number of hydrogen-bond donors (Lipinski definition) is 8. The predicted octanol–water partition coefficient (Wildman–Crippen LogP) is -3.19. The number of benzene rings is 1. The number of nitrogens with two attached hydrogens (primary N) is 3. The first kappa shape index (κ1) is 29.4. The second-order valence-electron chi connectivity index (χ2n) is 8.44. The zero-order valence-corrected chi connectivity index (χ0v) is 20.3. The molecule has 0 saturated carbocycles. The maximum Gasteiger partial charge on any atom is 0.326 e. The highest BCUT2D eigenvalue weighted by molar-refractivity contribution is 5.96. The lowest BCUT2D eigenvalue weighted by Crippen LogP contribution is -2.58. The summed E-state index contributed by atoms with van der Waals surface area (Å²) in [6.07, 6.45) is 1.38. The maximum absolute atomic E-state index is 13.1. The van der Waals surface area contributed by atoms with E-state index in [0.29, 0.717) is 5.69 Å². The molecular weight excluding hydrogens is 500 g/mol. The Morgan fingerprint density at radius 3 is 1.92 bits per heavy atom. The van der Waals surface area contributed by atoms with Crippen molar-refractivity contribution in [3.8, 4) is 0 Å². The van der Waals surface area contributed by atoms with Crippen molar-refractivity contribution in [2.75, 3.05) is 0 Å². The molecule has 0 aliphatic heterocycles. The molecule has 0 saturated heterocycles. The number of carboxylic acid groups (broad SMARTS) is 1. The third-order valence-electron chi connectivity index (χ3n) is 5.31. The largest absolute Gasteiger partial charge is 0.480 e. The Morgan fingerprint density at radius 2 is 1.37 bits per heavy atom. The third kappa shape index (κ3) is 9.69. The number of carbonyl (C=O) groups is 6. The lowest BCUT2D eigenvalue weighted by Gasteiger charge is -2.24. The molecule has 15 heteroatoms. The molecule has 5 amide bonds. The Kier molecular flexibility index (Phi) is 10.9. The minimum Gasteiger partial charge on any atom is -0.480 e. The normalized spacial score (nSPS) is 13.8. The smallest absolute Gasteiger partial charge is 0.326 e. The number of aliphatic carboxylic acids is 1. The molecule has 1 aromatic heterocycles. The van der Waals surface area contributed by atoms with Crippen LogP contribution in [0, 0.1) is 0 Å². The summed E-state index contributed by atoms with van der Waals surface area (Å²) in [5.41, 5.74) is 17.4. The van der Waals surface area contributed by atoms with Gasteiger partial charge in [0, 0.05) is 18.3 Å². The molecule has 2 aromatic rings.